The van der Waals surface area contributed by atoms with Gasteiger partial charge in [0.25, 0.3) is 5.88 Å². The average molecular weight is 259 g/mol. The first-order valence-electron chi connectivity index (χ1n) is 5.88. The van der Waals surface area contributed by atoms with Crippen molar-refractivity contribution < 1.29 is 9.13 Å². The Kier molecular flexibility index (Phi) is 4.18. The molecule has 1 heterocycles. The van der Waals surface area contributed by atoms with E-state index >= 15 is 0 Å². The van der Waals surface area contributed by atoms with Crippen LogP contribution in [0.15, 0.2) is 12.3 Å². The molecule has 1 aliphatic carbocycles. The van der Waals surface area contributed by atoms with Crippen molar-refractivity contribution in [2.24, 2.45) is 11.7 Å². The molecular formula is C12H16ClFN2O. The van der Waals surface area contributed by atoms with E-state index in [1.807, 2.05) is 0 Å². The summed E-state index contributed by atoms with van der Waals surface area (Å²) in [6, 6.07) is 1.21. The van der Waals surface area contributed by atoms with Crippen LogP contribution in [0, 0.1) is 11.7 Å². The summed E-state index contributed by atoms with van der Waals surface area (Å²) in [7, 11) is 0. The van der Waals surface area contributed by atoms with Gasteiger partial charge in [-0.15, -0.1) is 0 Å². The lowest BCUT2D eigenvalue weighted by Gasteiger charge is -2.30. The molecule has 17 heavy (non-hydrogen) atoms. The van der Waals surface area contributed by atoms with Gasteiger partial charge in [-0.2, -0.15) is 0 Å². The van der Waals surface area contributed by atoms with Crippen molar-refractivity contribution in [3.8, 4) is 5.88 Å². The maximum Gasteiger partial charge on any atom is 0.250 e. The van der Waals surface area contributed by atoms with Crippen LogP contribution in [0.3, 0.4) is 0 Å². The Balaban J connectivity index is 2.08. The molecule has 2 unspecified atom stereocenters. The second-order valence-electron chi connectivity index (χ2n) is 4.38. The Morgan fingerprint density at radius 3 is 2.94 bits per heavy atom. The third kappa shape index (κ3) is 3.07. The second kappa shape index (κ2) is 5.65. The van der Waals surface area contributed by atoms with Gasteiger partial charge < -0.3 is 10.5 Å². The highest BCUT2D eigenvalue weighted by atomic mass is 35.5. The van der Waals surface area contributed by atoms with Gasteiger partial charge in [-0.25, -0.2) is 9.37 Å². The van der Waals surface area contributed by atoms with Crippen molar-refractivity contribution in [2.45, 2.75) is 31.8 Å². The van der Waals surface area contributed by atoms with Crippen LogP contribution in [0.1, 0.15) is 25.7 Å². The molecule has 3 nitrogen and oxygen atoms in total. The zero-order chi connectivity index (χ0) is 12.3. The van der Waals surface area contributed by atoms with Crippen molar-refractivity contribution in [3.05, 3.63) is 23.1 Å². The van der Waals surface area contributed by atoms with Crippen LogP contribution in [-0.4, -0.2) is 17.6 Å². The summed E-state index contributed by atoms with van der Waals surface area (Å²) in [5, 5.41) is 0.272. The number of pyridine rings is 1. The topological polar surface area (TPSA) is 48.1 Å². The minimum atomic E-state index is -0.515. The van der Waals surface area contributed by atoms with Gasteiger partial charge in [0.2, 0.25) is 0 Å². The van der Waals surface area contributed by atoms with Crippen LogP contribution in [0.5, 0.6) is 5.88 Å². The Hall–Kier alpha value is -0.870. The van der Waals surface area contributed by atoms with Gasteiger partial charge in [-0.3, -0.25) is 0 Å². The van der Waals surface area contributed by atoms with Gasteiger partial charge in [-0.05, 0) is 31.9 Å². The summed E-state index contributed by atoms with van der Waals surface area (Å²) >= 11 is 5.64. The standard InChI is InChI=1S/C12H16ClFN2O/c13-9-5-10(14)12(16-7-9)17-11-4-2-1-3-8(11)6-15/h5,7-8,11H,1-4,6,15H2. The highest BCUT2D eigenvalue weighted by Crippen LogP contribution is 2.28. The van der Waals surface area contributed by atoms with Gasteiger partial charge >= 0.3 is 0 Å². The normalized spacial score (nSPS) is 24.6. The van der Waals surface area contributed by atoms with Crippen molar-refractivity contribution in [1.82, 2.24) is 4.98 Å². The van der Waals surface area contributed by atoms with Crippen molar-refractivity contribution >= 4 is 11.6 Å². The van der Waals surface area contributed by atoms with E-state index in [0.29, 0.717) is 12.5 Å². The van der Waals surface area contributed by atoms with Gasteiger partial charge in [0.1, 0.15) is 6.10 Å². The Morgan fingerprint density at radius 1 is 1.47 bits per heavy atom. The molecule has 0 amide bonds. The van der Waals surface area contributed by atoms with E-state index in [4.69, 9.17) is 22.1 Å². The van der Waals surface area contributed by atoms with E-state index in [9.17, 15) is 4.39 Å². The predicted octanol–water partition coefficient (Wildman–Crippen LogP) is 2.77. The lowest BCUT2D eigenvalue weighted by molar-refractivity contribution is 0.0876. The molecule has 94 valence electrons. The van der Waals surface area contributed by atoms with Crippen LogP contribution >= 0.6 is 11.6 Å². The third-order valence-electron chi connectivity index (χ3n) is 3.18. The fourth-order valence-corrected chi connectivity index (χ4v) is 2.38. The third-order valence-corrected chi connectivity index (χ3v) is 3.39. The lowest BCUT2D eigenvalue weighted by atomic mass is 9.86. The molecule has 1 aromatic rings. The minimum absolute atomic E-state index is 0.0275. The van der Waals surface area contributed by atoms with Crippen molar-refractivity contribution in [3.63, 3.8) is 0 Å². The molecule has 0 spiro atoms. The monoisotopic (exact) mass is 258 g/mol. The molecule has 0 aromatic carbocycles. The number of nitrogens with zero attached hydrogens (tertiary/aromatic N) is 1. The van der Waals surface area contributed by atoms with E-state index < -0.39 is 5.82 Å². The number of halogens is 2. The zero-order valence-corrected chi connectivity index (χ0v) is 10.3. The maximum absolute atomic E-state index is 13.5. The summed E-state index contributed by atoms with van der Waals surface area (Å²) < 4.78 is 19.2. The SMILES string of the molecule is NCC1CCCCC1Oc1ncc(Cl)cc1F. The number of hydrogen-bond acceptors (Lipinski definition) is 3. The van der Waals surface area contributed by atoms with Crippen LogP contribution in [-0.2, 0) is 0 Å². The number of ether oxygens (including phenoxy) is 1. The molecule has 1 fully saturated rings. The van der Waals surface area contributed by atoms with Gasteiger partial charge in [-0.1, -0.05) is 18.0 Å². The van der Waals surface area contributed by atoms with E-state index in [2.05, 4.69) is 4.98 Å². The number of rotatable bonds is 3. The maximum atomic E-state index is 13.5. The average Bonchev–Trinajstić information content (AvgIpc) is 2.33. The Bertz CT molecular complexity index is 389. The van der Waals surface area contributed by atoms with Crippen molar-refractivity contribution in [1.29, 1.82) is 0 Å². The summed E-state index contributed by atoms with van der Waals surface area (Å²) in [4.78, 5) is 3.87. The van der Waals surface area contributed by atoms with Crippen LogP contribution in [0.25, 0.3) is 0 Å². The summed E-state index contributed by atoms with van der Waals surface area (Å²) in [6.07, 6.45) is 5.56. The van der Waals surface area contributed by atoms with E-state index in [-0.39, 0.29) is 17.0 Å². The second-order valence-corrected chi connectivity index (χ2v) is 4.81. The molecule has 5 heteroatoms. The fourth-order valence-electron chi connectivity index (χ4n) is 2.23. The Labute approximate surface area is 105 Å². The molecule has 0 radical (unpaired) electrons. The van der Waals surface area contributed by atoms with Gasteiger partial charge in [0.15, 0.2) is 5.82 Å². The molecule has 0 saturated heterocycles. The molecule has 1 saturated carbocycles. The molecule has 2 N–H and O–H groups in total. The summed E-state index contributed by atoms with van der Waals surface area (Å²) in [6.45, 7) is 0.569. The Morgan fingerprint density at radius 2 is 2.24 bits per heavy atom. The fraction of sp³-hybridized carbons (Fsp3) is 0.583. The first-order chi connectivity index (χ1) is 8.20. The van der Waals surface area contributed by atoms with Gasteiger partial charge in [0.05, 0.1) is 5.02 Å². The molecule has 2 rings (SSSR count). The predicted molar refractivity (Wildman–Crippen MR) is 64.6 cm³/mol. The van der Waals surface area contributed by atoms with Crippen LogP contribution < -0.4 is 10.5 Å². The smallest absolute Gasteiger partial charge is 0.250 e. The number of hydrogen-bond donors (Lipinski definition) is 1. The zero-order valence-electron chi connectivity index (χ0n) is 9.53. The molecular weight excluding hydrogens is 243 g/mol. The van der Waals surface area contributed by atoms with Crippen molar-refractivity contribution in [2.75, 3.05) is 6.54 Å². The van der Waals surface area contributed by atoms with E-state index in [1.165, 1.54) is 12.3 Å². The van der Waals surface area contributed by atoms with E-state index in [0.717, 1.165) is 25.7 Å². The first-order valence-corrected chi connectivity index (χ1v) is 6.26. The van der Waals surface area contributed by atoms with E-state index in [1.54, 1.807) is 0 Å². The number of aromatic nitrogens is 1. The first kappa shape index (κ1) is 12.6. The highest BCUT2D eigenvalue weighted by Gasteiger charge is 2.26. The quantitative estimate of drug-likeness (QED) is 0.907. The minimum Gasteiger partial charge on any atom is -0.472 e. The van der Waals surface area contributed by atoms with Gasteiger partial charge in [0, 0.05) is 12.1 Å². The van der Waals surface area contributed by atoms with Crippen LogP contribution in [0.4, 0.5) is 4.39 Å². The number of nitrogens with two attached hydrogens (primary N) is 1. The molecule has 1 aliphatic rings. The lowest BCUT2D eigenvalue weighted by Crippen LogP contribution is -2.35. The highest BCUT2D eigenvalue weighted by molar-refractivity contribution is 6.30. The summed E-state index contributed by atoms with van der Waals surface area (Å²) in [5.74, 6) is -0.195. The summed E-state index contributed by atoms with van der Waals surface area (Å²) in [5.41, 5.74) is 5.69. The largest absolute Gasteiger partial charge is 0.472 e. The molecule has 0 bridgehead atoms. The molecule has 2 atom stereocenters. The molecule has 0 aliphatic heterocycles. The van der Waals surface area contributed by atoms with Crippen LogP contribution in [0.2, 0.25) is 5.02 Å². The molecule has 1 aromatic heterocycles.